The van der Waals surface area contributed by atoms with Crippen LogP contribution in [0, 0.1) is 6.92 Å². The van der Waals surface area contributed by atoms with Gasteiger partial charge in [-0.2, -0.15) is 0 Å². The molecular weight excluding hydrogens is 302 g/mol. The minimum absolute atomic E-state index is 0.572. The Hall–Kier alpha value is -2.67. The zero-order chi connectivity index (χ0) is 18.0. The Bertz CT molecular complexity index is 896. The Morgan fingerprint density at radius 1 is 1.12 bits per heavy atom. The Balaban J connectivity index is 2.07. The summed E-state index contributed by atoms with van der Waals surface area (Å²) in [5.41, 5.74) is 8.73. The number of aliphatic imine (C=N–C) groups is 1. The quantitative estimate of drug-likeness (QED) is 0.564. The highest BCUT2D eigenvalue weighted by molar-refractivity contribution is 6.32. The average molecular weight is 327 g/mol. The van der Waals surface area contributed by atoms with Crippen molar-refractivity contribution < 1.29 is 0 Å². The molecule has 126 valence electrons. The van der Waals surface area contributed by atoms with E-state index in [1.165, 1.54) is 16.7 Å². The van der Waals surface area contributed by atoms with Crippen LogP contribution in [0.5, 0.6) is 0 Å². The van der Waals surface area contributed by atoms with Crippen molar-refractivity contribution in [1.82, 2.24) is 0 Å². The first-order valence-electron chi connectivity index (χ1n) is 8.77. The minimum Gasteiger partial charge on any atom is -0.253 e. The summed E-state index contributed by atoms with van der Waals surface area (Å²) in [5, 5.41) is 0. The number of allylic oxidation sites excluding steroid dienone is 3. The predicted molar refractivity (Wildman–Crippen MR) is 110 cm³/mol. The van der Waals surface area contributed by atoms with Gasteiger partial charge in [0, 0.05) is 16.8 Å². The second-order valence-electron chi connectivity index (χ2n) is 6.87. The standard InChI is InChI=1S/C24H25N/c1-16(2)25-24(23-12-7-6-9-18(23)4)19(5)20-13-14-22-17(3)10-8-11-21(22)15-20/h6-9,11-15,17H,1,5,10H2,2-4H3/b25-24-. The van der Waals surface area contributed by atoms with Gasteiger partial charge in [0.2, 0.25) is 0 Å². The number of nitrogens with zero attached hydrogens (tertiary/aromatic N) is 1. The van der Waals surface area contributed by atoms with Gasteiger partial charge in [-0.15, -0.1) is 0 Å². The number of rotatable bonds is 4. The minimum atomic E-state index is 0.572. The first-order valence-corrected chi connectivity index (χ1v) is 8.77. The van der Waals surface area contributed by atoms with Crippen molar-refractivity contribution >= 4 is 17.4 Å². The molecule has 0 spiro atoms. The summed E-state index contributed by atoms with van der Waals surface area (Å²) < 4.78 is 0. The van der Waals surface area contributed by atoms with Crippen LogP contribution in [-0.2, 0) is 0 Å². The Morgan fingerprint density at radius 3 is 2.60 bits per heavy atom. The summed E-state index contributed by atoms with van der Waals surface area (Å²) in [5.74, 6) is 0.572. The van der Waals surface area contributed by atoms with Crippen molar-refractivity contribution in [1.29, 1.82) is 0 Å². The molecule has 1 aliphatic carbocycles. The Kier molecular flexibility index (Phi) is 4.85. The van der Waals surface area contributed by atoms with E-state index in [1.54, 1.807) is 0 Å². The highest BCUT2D eigenvalue weighted by Gasteiger charge is 2.16. The van der Waals surface area contributed by atoms with E-state index in [1.807, 2.05) is 19.1 Å². The van der Waals surface area contributed by atoms with Crippen LogP contribution in [0.4, 0.5) is 0 Å². The van der Waals surface area contributed by atoms with E-state index in [4.69, 9.17) is 4.99 Å². The first-order chi connectivity index (χ1) is 12.0. The third-order valence-electron chi connectivity index (χ3n) is 4.74. The lowest BCUT2D eigenvalue weighted by atomic mass is 9.85. The van der Waals surface area contributed by atoms with Crippen LogP contribution >= 0.6 is 0 Å². The molecule has 2 aromatic rings. The molecule has 0 heterocycles. The molecule has 3 rings (SSSR count). The van der Waals surface area contributed by atoms with Crippen molar-refractivity contribution in [3.63, 3.8) is 0 Å². The predicted octanol–water partition coefficient (Wildman–Crippen LogP) is 6.55. The third-order valence-corrected chi connectivity index (χ3v) is 4.74. The maximum absolute atomic E-state index is 4.72. The SMILES string of the molecule is C=C(C)/N=C(/C(=C)c1ccc2c(c1)C=CCC2C)c1ccccc1C. The summed E-state index contributed by atoms with van der Waals surface area (Å²) in [6.45, 7) is 14.6. The molecule has 0 aromatic heterocycles. The van der Waals surface area contributed by atoms with Gasteiger partial charge >= 0.3 is 0 Å². The molecule has 0 aliphatic heterocycles. The molecule has 0 saturated carbocycles. The number of fused-ring (bicyclic) bond motifs is 1. The largest absolute Gasteiger partial charge is 0.253 e. The third kappa shape index (κ3) is 3.56. The Labute approximate surface area is 151 Å². The fraction of sp³-hybridized carbons (Fsp3) is 0.208. The van der Waals surface area contributed by atoms with E-state index in [9.17, 15) is 0 Å². The fourth-order valence-corrected chi connectivity index (χ4v) is 3.34. The zero-order valence-electron chi connectivity index (χ0n) is 15.3. The van der Waals surface area contributed by atoms with E-state index in [0.717, 1.165) is 34.5 Å². The monoisotopic (exact) mass is 327 g/mol. The maximum atomic E-state index is 4.72. The van der Waals surface area contributed by atoms with Gasteiger partial charge < -0.3 is 0 Å². The van der Waals surface area contributed by atoms with Crippen LogP contribution in [0.1, 0.15) is 54.0 Å². The first kappa shape index (κ1) is 17.2. The van der Waals surface area contributed by atoms with Crippen LogP contribution in [0.2, 0.25) is 0 Å². The molecule has 1 aliphatic rings. The summed E-state index contributed by atoms with van der Waals surface area (Å²) >= 11 is 0. The highest BCUT2D eigenvalue weighted by atomic mass is 14.7. The summed E-state index contributed by atoms with van der Waals surface area (Å²) in [7, 11) is 0. The second kappa shape index (κ2) is 7.06. The van der Waals surface area contributed by atoms with E-state index < -0.39 is 0 Å². The van der Waals surface area contributed by atoms with Gasteiger partial charge in [-0.3, -0.25) is 4.99 Å². The van der Waals surface area contributed by atoms with Gasteiger partial charge in [-0.25, -0.2) is 0 Å². The highest BCUT2D eigenvalue weighted by Crippen LogP contribution is 2.32. The average Bonchev–Trinajstić information content (AvgIpc) is 2.59. The van der Waals surface area contributed by atoms with Gasteiger partial charge in [0.25, 0.3) is 0 Å². The molecule has 0 bridgehead atoms. The normalized spacial score (nSPS) is 16.4. The lowest BCUT2D eigenvalue weighted by Gasteiger charge is -2.20. The summed E-state index contributed by atoms with van der Waals surface area (Å²) in [6.07, 6.45) is 5.58. The van der Waals surface area contributed by atoms with E-state index in [2.05, 4.69) is 69.5 Å². The lowest BCUT2D eigenvalue weighted by Crippen LogP contribution is -2.07. The van der Waals surface area contributed by atoms with Crippen LogP contribution in [0.25, 0.3) is 11.6 Å². The molecule has 1 unspecified atom stereocenters. The van der Waals surface area contributed by atoms with E-state index in [-0.39, 0.29) is 0 Å². The van der Waals surface area contributed by atoms with Crippen molar-refractivity contribution in [2.24, 2.45) is 4.99 Å². The van der Waals surface area contributed by atoms with Crippen molar-refractivity contribution in [2.45, 2.75) is 33.1 Å². The molecular formula is C24H25N. The summed E-state index contributed by atoms with van der Waals surface area (Å²) in [6, 6.07) is 14.9. The maximum Gasteiger partial charge on any atom is 0.0779 e. The van der Waals surface area contributed by atoms with E-state index >= 15 is 0 Å². The molecule has 0 fully saturated rings. The van der Waals surface area contributed by atoms with Crippen LogP contribution < -0.4 is 0 Å². The molecule has 1 atom stereocenters. The number of aryl methyl sites for hydroxylation is 1. The molecule has 1 heteroatoms. The number of hydrogen-bond acceptors (Lipinski definition) is 1. The molecule has 25 heavy (non-hydrogen) atoms. The smallest absolute Gasteiger partial charge is 0.0779 e. The van der Waals surface area contributed by atoms with Crippen molar-refractivity contribution in [2.75, 3.05) is 0 Å². The van der Waals surface area contributed by atoms with Gasteiger partial charge in [-0.1, -0.05) is 68.6 Å². The topological polar surface area (TPSA) is 12.4 Å². The Morgan fingerprint density at radius 2 is 1.88 bits per heavy atom. The fourth-order valence-electron chi connectivity index (χ4n) is 3.34. The lowest BCUT2D eigenvalue weighted by molar-refractivity contribution is 0.771. The van der Waals surface area contributed by atoms with Gasteiger partial charge in [0.05, 0.1) is 5.71 Å². The molecule has 2 aromatic carbocycles. The van der Waals surface area contributed by atoms with Gasteiger partial charge in [-0.05, 0) is 54.5 Å². The molecule has 0 N–H and O–H groups in total. The number of hydrogen-bond donors (Lipinski definition) is 0. The molecule has 1 nitrogen and oxygen atoms in total. The van der Waals surface area contributed by atoms with Crippen molar-refractivity contribution in [3.05, 3.63) is 95.2 Å². The van der Waals surface area contributed by atoms with Crippen LogP contribution in [0.3, 0.4) is 0 Å². The summed E-state index contributed by atoms with van der Waals surface area (Å²) in [4.78, 5) is 4.72. The van der Waals surface area contributed by atoms with E-state index in [0.29, 0.717) is 5.92 Å². The molecule has 0 saturated heterocycles. The molecule has 0 amide bonds. The van der Waals surface area contributed by atoms with Gasteiger partial charge in [0.15, 0.2) is 0 Å². The second-order valence-corrected chi connectivity index (χ2v) is 6.87. The van der Waals surface area contributed by atoms with Crippen molar-refractivity contribution in [3.8, 4) is 0 Å². The van der Waals surface area contributed by atoms with Gasteiger partial charge in [0.1, 0.15) is 0 Å². The van der Waals surface area contributed by atoms with Crippen LogP contribution in [0.15, 0.2) is 72.4 Å². The molecule has 0 radical (unpaired) electrons. The number of benzene rings is 2. The van der Waals surface area contributed by atoms with Crippen LogP contribution in [-0.4, -0.2) is 5.71 Å². The zero-order valence-corrected chi connectivity index (χ0v) is 15.3.